The molecule has 31 heavy (non-hydrogen) atoms. The molecule has 2 amide bonds. The molecule has 0 saturated carbocycles. The van der Waals surface area contributed by atoms with Crippen LogP contribution in [-0.4, -0.2) is 31.1 Å². The molecule has 1 fully saturated rings. The number of hydrogen-bond acceptors (Lipinski definition) is 3. The average molecular weight is 431 g/mol. The van der Waals surface area contributed by atoms with Crippen molar-refractivity contribution in [2.24, 2.45) is 0 Å². The first-order chi connectivity index (χ1) is 15.2. The Morgan fingerprint density at radius 1 is 0.935 bits per heavy atom. The molecule has 1 aromatic carbocycles. The molecule has 174 valence electrons. The predicted molar refractivity (Wildman–Crippen MR) is 127 cm³/mol. The lowest BCUT2D eigenvalue weighted by Gasteiger charge is -2.13. The van der Waals surface area contributed by atoms with E-state index in [-0.39, 0.29) is 17.9 Å². The highest BCUT2D eigenvalue weighted by molar-refractivity contribution is 6.03. The molecule has 5 heteroatoms. The summed E-state index contributed by atoms with van der Waals surface area (Å²) in [4.78, 5) is 24.9. The molecule has 0 radical (unpaired) electrons. The lowest BCUT2D eigenvalue weighted by Crippen LogP contribution is -2.32. The van der Waals surface area contributed by atoms with Gasteiger partial charge in [0.2, 0.25) is 5.91 Å². The van der Waals surface area contributed by atoms with Crippen LogP contribution in [0.4, 0.5) is 5.69 Å². The van der Waals surface area contributed by atoms with Gasteiger partial charge >= 0.3 is 0 Å². The Kier molecular flexibility index (Phi) is 13.0. The minimum Gasteiger partial charge on any atom is -0.376 e. The van der Waals surface area contributed by atoms with Crippen molar-refractivity contribution in [2.75, 3.05) is 18.5 Å². The summed E-state index contributed by atoms with van der Waals surface area (Å²) >= 11 is 0. The second kappa shape index (κ2) is 15.9. The third kappa shape index (κ3) is 10.8. The molecule has 1 unspecified atom stereocenters. The Morgan fingerprint density at radius 3 is 2.23 bits per heavy atom. The van der Waals surface area contributed by atoms with E-state index in [1.165, 1.54) is 57.8 Å². The largest absolute Gasteiger partial charge is 0.376 e. The summed E-state index contributed by atoms with van der Waals surface area (Å²) in [6.07, 6.45) is 16.5. The van der Waals surface area contributed by atoms with Crippen LogP contribution in [0.2, 0.25) is 0 Å². The smallest absolute Gasteiger partial charge is 0.253 e. The number of rotatable bonds is 16. The molecule has 5 nitrogen and oxygen atoms in total. The fourth-order valence-corrected chi connectivity index (χ4v) is 4.06. The van der Waals surface area contributed by atoms with Crippen LogP contribution in [0.1, 0.15) is 107 Å². The Bertz CT molecular complexity index is 641. The molecule has 1 aliphatic heterocycles. The number of nitrogens with one attached hydrogen (secondary N) is 2. The third-order valence-corrected chi connectivity index (χ3v) is 5.97. The van der Waals surface area contributed by atoms with Crippen molar-refractivity contribution in [2.45, 2.75) is 103 Å². The van der Waals surface area contributed by atoms with Crippen LogP contribution in [0.25, 0.3) is 0 Å². The van der Waals surface area contributed by atoms with Gasteiger partial charge in [-0.25, -0.2) is 0 Å². The number of hydrogen-bond donors (Lipinski definition) is 2. The van der Waals surface area contributed by atoms with E-state index in [9.17, 15) is 9.59 Å². The van der Waals surface area contributed by atoms with Crippen molar-refractivity contribution >= 4 is 17.5 Å². The molecule has 1 aliphatic rings. The number of carbonyl (C=O) groups is 2. The van der Waals surface area contributed by atoms with Crippen molar-refractivity contribution in [1.82, 2.24) is 5.32 Å². The van der Waals surface area contributed by atoms with Crippen LogP contribution in [0, 0.1) is 0 Å². The summed E-state index contributed by atoms with van der Waals surface area (Å²) in [6.45, 7) is 3.54. The van der Waals surface area contributed by atoms with Gasteiger partial charge in [-0.05, 0) is 31.4 Å². The fourth-order valence-electron chi connectivity index (χ4n) is 4.06. The number of ether oxygens (including phenoxy) is 1. The van der Waals surface area contributed by atoms with Gasteiger partial charge in [-0.2, -0.15) is 0 Å². The van der Waals surface area contributed by atoms with Crippen molar-refractivity contribution < 1.29 is 14.3 Å². The average Bonchev–Trinajstić information content (AvgIpc) is 3.30. The standard InChI is InChI=1S/C26H42N2O3/c1-2-3-4-5-6-7-8-9-10-11-12-19-25(29)28-24-18-14-13-17-23(24)26(30)27-21-22-16-15-20-31-22/h13-14,17-18,22H,2-12,15-16,19-21H2,1H3,(H,27,30)(H,28,29). The summed E-state index contributed by atoms with van der Waals surface area (Å²) in [7, 11) is 0. The van der Waals surface area contributed by atoms with E-state index < -0.39 is 0 Å². The first kappa shape index (κ1) is 25.4. The maximum Gasteiger partial charge on any atom is 0.253 e. The van der Waals surface area contributed by atoms with E-state index in [1.54, 1.807) is 12.1 Å². The Morgan fingerprint density at radius 2 is 1.58 bits per heavy atom. The SMILES string of the molecule is CCCCCCCCCCCCCC(=O)Nc1ccccc1C(=O)NCC1CCCO1. The minimum atomic E-state index is -0.166. The van der Waals surface area contributed by atoms with Gasteiger partial charge in [0.05, 0.1) is 17.4 Å². The number of unbranched alkanes of at least 4 members (excludes halogenated alkanes) is 10. The van der Waals surface area contributed by atoms with Crippen LogP contribution < -0.4 is 10.6 Å². The van der Waals surface area contributed by atoms with E-state index in [1.807, 2.05) is 12.1 Å². The second-order valence-electron chi connectivity index (χ2n) is 8.72. The quantitative estimate of drug-likeness (QED) is 0.305. The monoisotopic (exact) mass is 430 g/mol. The molecule has 1 saturated heterocycles. The molecule has 1 heterocycles. The Hall–Kier alpha value is -1.88. The zero-order valence-electron chi connectivity index (χ0n) is 19.4. The number of carbonyl (C=O) groups excluding carboxylic acids is 2. The highest BCUT2D eigenvalue weighted by Gasteiger charge is 2.18. The Balaban J connectivity index is 1.58. The number of amides is 2. The number of anilines is 1. The Labute approximate surface area is 188 Å². The van der Waals surface area contributed by atoms with Crippen molar-refractivity contribution in [3.63, 3.8) is 0 Å². The van der Waals surface area contributed by atoms with Gasteiger partial charge in [0, 0.05) is 19.6 Å². The zero-order valence-corrected chi connectivity index (χ0v) is 19.4. The lowest BCUT2D eigenvalue weighted by atomic mass is 10.1. The number of para-hydroxylation sites is 1. The topological polar surface area (TPSA) is 67.4 Å². The molecular weight excluding hydrogens is 388 g/mol. The summed E-state index contributed by atoms with van der Waals surface area (Å²) in [5.41, 5.74) is 1.09. The molecule has 0 aliphatic carbocycles. The van der Waals surface area contributed by atoms with Crippen LogP contribution in [0.5, 0.6) is 0 Å². The molecule has 0 bridgehead atoms. The van der Waals surface area contributed by atoms with Gasteiger partial charge in [-0.15, -0.1) is 0 Å². The fraction of sp³-hybridized carbons (Fsp3) is 0.692. The van der Waals surface area contributed by atoms with Gasteiger partial charge in [-0.1, -0.05) is 83.3 Å². The third-order valence-electron chi connectivity index (χ3n) is 5.97. The molecule has 0 spiro atoms. The first-order valence-corrected chi connectivity index (χ1v) is 12.5. The molecule has 1 aromatic rings. The van der Waals surface area contributed by atoms with Crippen molar-refractivity contribution in [3.8, 4) is 0 Å². The van der Waals surface area contributed by atoms with Crippen LogP contribution >= 0.6 is 0 Å². The van der Waals surface area contributed by atoms with Crippen LogP contribution in [-0.2, 0) is 9.53 Å². The summed E-state index contributed by atoms with van der Waals surface area (Å²) in [5.74, 6) is -0.184. The number of benzene rings is 1. The normalized spacial score (nSPS) is 15.7. The van der Waals surface area contributed by atoms with Gasteiger partial charge in [0.15, 0.2) is 0 Å². The van der Waals surface area contributed by atoms with Gasteiger partial charge < -0.3 is 15.4 Å². The van der Waals surface area contributed by atoms with E-state index >= 15 is 0 Å². The molecule has 2 N–H and O–H groups in total. The minimum absolute atomic E-state index is 0.0182. The van der Waals surface area contributed by atoms with Crippen LogP contribution in [0.3, 0.4) is 0 Å². The van der Waals surface area contributed by atoms with Gasteiger partial charge in [0.1, 0.15) is 0 Å². The first-order valence-electron chi connectivity index (χ1n) is 12.5. The van der Waals surface area contributed by atoms with Gasteiger partial charge in [0.25, 0.3) is 5.91 Å². The maximum atomic E-state index is 12.5. The molecule has 1 atom stereocenters. The zero-order chi connectivity index (χ0) is 22.2. The molecular formula is C26H42N2O3. The summed E-state index contributed by atoms with van der Waals surface area (Å²) < 4.78 is 5.55. The van der Waals surface area contributed by atoms with Crippen molar-refractivity contribution in [1.29, 1.82) is 0 Å². The summed E-state index contributed by atoms with van der Waals surface area (Å²) in [6, 6.07) is 7.21. The maximum absolute atomic E-state index is 12.5. The van der Waals surface area contributed by atoms with E-state index in [4.69, 9.17) is 4.74 Å². The highest BCUT2D eigenvalue weighted by atomic mass is 16.5. The predicted octanol–water partition coefficient (Wildman–Crippen LogP) is 6.24. The van der Waals surface area contributed by atoms with Gasteiger partial charge in [-0.3, -0.25) is 9.59 Å². The molecule has 2 rings (SSSR count). The second-order valence-corrected chi connectivity index (χ2v) is 8.72. The summed E-state index contributed by atoms with van der Waals surface area (Å²) in [5, 5.41) is 5.85. The van der Waals surface area contributed by atoms with E-state index in [0.717, 1.165) is 32.3 Å². The lowest BCUT2D eigenvalue weighted by molar-refractivity contribution is -0.116. The van der Waals surface area contributed by atoms with Crippen LogP contribution in [0.15, 0.2) is 24.3 Å². The van der Waals surface area contributed by atoms with Crippen molar-refractivity contribution in [3.05, 3.63) is 29.8 Å². The molecule has 0 aromatic heterocycles. The van der Waals surface area contributed by atoms with E-state index in [0.29, 0.717) is 24.2 Å². The van der Waals surface area contributed by atoms with E-state index in [2.05, 4.69) is 17.6 Å². The highest BCUT2D eigenvalue weighted by Crippen LogP contribution is 2.17.